The molecule has 1 aliphatic rings. The van der Waals surface area contributed by atoms with Gasteiger partial charge in [0.2, 0.25) is 0 Å². The predicted molar refractivity (Wildman–Crippen MR) is 79.1 cm³/mol. The number of aryl methyl sites for hydroxylation is 1. The van der Waals surface area contributed by atoms with E-state index >= 15 is 0 Å². The smallest absolute Gasteiger partial charge is 0.126 e. The quantitative estimate of drug-likeness (QED) is 0.877. The van der Waals surface area contributed by atoms with E-state index in [0.29, 0.717) is 0 Å². The van der Waals surface area contributed by atoms with Crippen LogP contribution in [0.15, 0.2) is 42.5 Å². The molecule has 2 aromatic rings. The van der Waals surface area contributed by atoms with Gasteiger partial charge >= 0.3 is 0 Å². The molecule has 0 bridgehead atoms. The normalized spacial score (nSPS) is 21.1. The number of benzene rings is 2. The van der Waals surface area contributed by atoms with E-state index in [2.05, 4.69) is 24.4 Å². The Morgan fingerprint density at radius 1 is 1.15 bits per heavy atom. The molecule has 0 aromatic heterocycles. The molecule has 2 aromatic carbocycles. The molecule has 0 saturated heterocycles. The van der Waals surface area contributed by atoms with Crippen LogP contribution in [0, 0.1) is 6.92 Å². The number of nitrogens with one attached hydrogen (secondary N) is 1. The summed E-state index contributed by atoms with van der Waals surface area (Å²) in [5, 5.41) is 12.8. The standard InChI is InChI=1S/C17H19NO2/c1-11-3-8-16-14(9-11)15(18-2)10-17(20-16)12-4-6-13(19)7-5-12/h3-9,15,17-19H,10H2,1-2H3. The maximum Gasteiger partial charge on any atom is 0.126 e. The largest absolute Gasteiger partial charge is 0.508 e. The Kier molecular flexibility index (Phi) is 3.36. The zero-order valence-corrected chi connectivity index (χ0v) is 11.8. The van der Waals surface area contributed by atoms with Crippen LogP contribution in [0.3, 0.4) is 0 Å². The van der Waals surface area contributed by atoms with E-state index < -0.39 is 0 Å². The second-order valence-electron chi connectivity index (χ2n) is 5.32. The van der Waals surface area contributed by atoms with Crippen molar-refractivity contribution < 1.29 is 9.84 Å². The number of phenols is 1. The maximum absolute atomic E-state index is 9.39. The summed E-state index contributed by atoms with van der Waals surface area (Å²) in [7, 11) is 1.98. The van der Waals surface area contributed by atoms with Crippen molar-refractivity contribution in [3.63, 3.8) is 0 Å². The molecule has 0 radical (unpaired) electrons. The third-order valence-electron chi connectivity index (χ3n) is 3.87. The molecule has 3 heteroatoms. The zero-order chi connectivity index (χ0) is 14.1. The van der Waals surface area contributed by atoms with Crippen molar-refractivity contribution in [1.82, 2.24) is 5.32 Å². The van der Waals surface area contributed by atoms with Gasteiger partial charge in [0.05, 0.1) is 0 Å². The van der Waals surface area contributed by atoms with Gasteiger partial charge in [0, 0.05) is 18.0 Å². The lowest BCUT2D eigenvalue weighted by Gasteiger charge is -2.32. The summed E-state index contributed by atoms with van der Waals surface area (Å²) in [5.41, 5.74) is 3.56. The van der Waals surface area contributed by atoms with E-state index in [9.17, 15) is 5.11 Å². The van der Waals surface area contributed by atoms with Crippen LogP contribution in [-0.4, -0.2) is 12.2 Å². The predicted octanol–water partition coefficient (Wildman–Crippen LogP) is 3.48. The Bertz CT molecular complexity index is 607. The molecule has 104 valence electrons. The highest BCUT2D eigenvalue weighted by molar-refractivity contribution is 5.42. The fourth-order valence-corrected chi connectivity index (χ4v) is 2.76. The minimum absolute atomic E-state index is 0.0169. The first-order valence-corrected chi connectivity index (χ1v) is 6.91. The molecule has 2 atom stereocenters. The van der Waals surface area contributed by atoms with E-state index in [-0.39, 0.29) is 17.9 Å². The van der Waals surface area contributed by atoms with Crippen LogP contribution in [-0.2, 0) is 0 Å². The van der Waals surface area contributed by atoms with Crippen LogP contribution in [0.2, 0.25) is 0 Å². The number of hydrogen-bond acceptors (Lipinski definition) is 3. The van der Waals surface area contributed by atoms with Crippen molar-refractivity contribution in [1.29, 1.82) is 0 Å². The summed E-state index contributed by atoms with van der Waals surface area (Å²) < 4.78 is 6.12. The van der Waals surface area contributed by atoms with Gasteiger partial charge in [0.1, 0.15) is 17.6 Å². The zero-order valence-electron chi connectivity index (χ0n) is 11.8. The number of phenolic OH excluding ortho intramolecular Hbond substituents is 1. The molecule has 0 fully saturated rings. The molecule has 1 aliphatic heterocycles. The molecule has 2 N–H and O–H groups in total. The Labute approximate surface area is 119 Å². The molecule has 0 saturated carbocycles. The average Bonchev–Trinajstić information content (AvgIpc) is 2.47. The van der Waals surface area contributed by atoms with Crippen molar-refractivity contribution in [2.45, 2.75) is 25.5 Å². The van der Waals surface area contributed by atoms with Crippen molar-refractivity contribution in [2.24, 2.45) is 0 Å². The molecule has 0 aliphatic carbocycles. The van der Waals surface area contributed by atoms with E-state index in [1.54, 1.807) is 12.1 Å². The molecular formula is C17H19NO2. The summed E-state index contributed by atoms with van der Waals surface area (Å²) in [6, 6.07) is 13.8. The first kappa shape index (κ1) is 13.0. The van der Waals surface area contributed by atoms with Gasteiger partial charge in [-0.15, -0.1) is 0 Å². The van der Waals surface area contributed by atoms with Crippen LogP contribution < -0.4 is 10.1 Å². The summed E-state index contributed by atoms with van der Waals surface area (Å²) in [6.07, 6.45) is 0.904. The van der Waals surface area contributed by atoms with Gasteiger partial charge in [0.15, 0.2) is 0 Å². The lowest BCUT2D eigenvalue weighted by atomic mass is 9.92. The number of fused-ring (bicyclic) bond motifs is 1. The van der Waals surface area contributed by atoms with Gasteiger partial charge < -0.3 is 15.2 Å². The third kappa shape index (κ3) is 2.37. The van der Waals surface area contributed by atoms with Gasteiger partial charge in [-0.1, -0.05) is 29.8 Å². The minimum Gasteiger partial charge on any atom is -0.508 e. The van der Waals surface area contributed by atoms with Gasteiger partial charge in [-0.3, -0.25) is 0 Å². The van der Waals surface area contributed by atoms with Crippen LogP contribution in [0.25, 0.3) is 0 Å². The second-order valence-corrected chi connectivity index (χ2v) is 5.32. The van der Waals surface area contributed by atoms with Crippen molar-refractivity contribution in [2.75, 3.05) is 7.05 Å². The molecule has 0 spiro atoms. The fourth-order valence-electron chi connectivity index (χ4n) is 2.76. The van der Waals surface area contributed by atoms with Crippen LogP contribution in [0.1, 0.15) is 35.3 Å². The molecule has 0 amide bonds. The maximum atomic E-state index is 9.39. The average molecular weight is 269 g/mol. The molecule has 1 heterocycles. The van der Waals surface area contributed by atoms with E-state index in [1.165, 1.54) is 11.1 Å². The molecule has 3 rings (SSSR count). The number of ether oxygens (including phenoxy) is 1. The summed E-state index contributed by atoms with van der Waals surface area (Å²) in [4.78, 5) is 0. The van der Waals surface area contributed by atoms with E-state index in [0.717, 1.165) is 17.7 Å². The van der Waals surface area contributed by atoms with Gasteiger partial charge in [-0.25, -0.2) is 0 Å². The Balaban J connectivity index is 1.94. The second kappa shape index (κ2) is 5.17. The lowest BCUT2D eigenvalue weighted by Crippen LogP contribution is -2.26. The summed E-state index contributed by atoms with van der Waals surface area (Å²) >= 11 is 0. The lowest BCUT2D eigenvalue weighted by molar-refractivity contribution is 0.154. The van der Waals surface area contributed by atoms with Crippen LogP contribution in [0.5, 0.6) is 11.5 Å². The highest BCUT2D eigenvalue weighted by Gasteiger charge is 2.28. The number of hydrogen-bond donors (Lipinski definition) is 2. The van der Waals surface area contributed by atoms with Crippen LogP contribution >= 0.6 is 0 Å². The molecular weight excluding hydrogens is 250 g/mol. The van der Waals surface area contributed by atoms with E-state index in [1.807, 2.05) is 25.2 Å². The summed E-state index contributed by atoms with van der Waals surface area (Å²) in [6.45, 7) is 2.10. The number of aromatic hydroxyl groups is 1. The SMILES string of the molecule is CNC1CC(c2ccc(O)cc2)Oc2ccc(C)cc21. The highest BCUT2D eigenvalue weighted by Crippen LogP contribution is 2.41. The first-order valence-electron chi connectivity index (χ1n) is 6.91. The van der Waals surface area contributed by atoms with Crippen molar-refractivity contribution >= 4 is 0 Å². The summed E-state index contributed by atoms with van der Waals surface area (Å²) in [5.74, 6) is 1.23. The minimum atomic E-state index is 0.0169. The highest BCUT2D eigenvalue weighted by atomic mass is 16.5. The van der Waals surface area contributed by atoms with Crippen molar-refractivity contribution in [3.05, 3.63) is 59.2 Å². The first-order chi connectivity index (χ1) is 9.67. The number of rotatable bonds is 2. The fraction of sp³-hybridized carbons (Fsp3) is 0.294. The topological polar surface area (TPSA) is 41.5 Å². The molecule has 2 unspecified atom stereocenters. The monoisotopic (exact) mass is 269 g/mol. The van der Waals surface area contributed by atoms with E-state index in [4.69, 9.17) is 4.74 Å². The van der Waals surface area contributed by atoms with Crippen molar-refractivity contribution in [3.8, 4) is 11.5 Å². The van der Waals surface area contributed by atoms with Gasteiger partial charge in [0.25, 0.3) is 0 Å². The Morgan fingerprint density at radius 3 is 2.60 bits per heavy atom. The van der Waals surface area contributed by atoms with Gasteiger partial charge in [-0.2, -0.15) is 0 Å². The molecule has 3 nitrogen and oxygen atoms in total. The third-order valence-corrected chi connectivity index (χ3v) is 3.87. The van der Waals surface area contributed by atoms with Gasteiger partial charge in [-0.05, 0) is 37.7 Å². The van der Waals surface area contributed by atoms with Crippen LogP contribution in [0.4, 0.5) is 0 Å². The molecule has 20 heavy (non-hydrogen) atoms. The Morgan fingerprint density at radius 2 is 1.90 bits per heavy atom. The Hall–Kier alpha value is -2.00.